The fourth-order valence-electron chi connectivity index (χ4n) is 2.89. The second kappa shape index (κ2) is 6.10. The van der Waals surface area contributed by atoms with Gasteiger partial charge in [-0.25, -0.2) is 0 Å². The molecule has 0 bridgehead atoms. The molecule has 1 aliphatic rings. The van der Waals surface area contributed by atoms with Gasteiger partial charge < -0.3 is 4.74 Å². The van der Waals surface area contributed by atoms with Gasteiger partial charge in [-0.15, -0.1) is 0 Å². The lowest BCUT2D eigenvalue weighted by atomic mass is 9.72. The maximum absolute atomic E-state index is 5.20. The summed E-state index contributed by atoms with van der Waals surface area (Å²) < 4.78 is 5.20. The van der Waals surface area contributed by atoms with E-state index < -0.39 is 0 Å². The molecule has 1 aromatic rings. The Morgan fingerprint density at radius 1 is 1.17 bits per heavy atom. The van der Waals surface area contributed by atoms with Crippen molar-refractivity contribution in [1.82, 2.24) is 0 Å². The van der Waals surface area contributed by atoms with E-state index in [4.69, 9.17) is 4.74 Å². The monoisotopic (exact) mass is 310 g/mol. The molecule has 2 rings (SSSR count). The molecule has 2 heteroatoms. The molecule has 0 amide bonds. The van der Waals surface area contributed by atoms with Crippen molar-refractivity contribution in [2.24, 2.45) is 5.41 Å². The third-order valence-electron chi connectivity index (χ3n) is 4.33. The van der Waals surface area contributed by atoms with E-state index in [1.54, 1.807) is 7.11 Å². The number of alkyl halides is 1. The van der Waals surface area contributed by atoms with Gasteiger partial charge in [-0.05, 0) is 42.4 Å². The Hall–Kier alpha value is -0.500. The lowest BCUT2D eigenvalue weighted by Crippen LogP contribution is -2.31. The second-order valence-corrected chi connectivity index (χ2v) is 6.84. The number of rotatable bonds is 4. The van der Waals surface area contributed by atoms with Gasteiger partial charge in [-0.1, -0.05) is 54.2 Å². The van der Waals surface area contributed by atoms with Crippen LogP contribution in [0.1, 0.15) is 44.6 Å². The van der Waals surface area contributed by atoms with E-state index in [1.807, 2.05) is 0 Å². The SMILES string of the molecule is COc1ccc(CC(Br)C2(C)CCCCC2)cc1. The zero-order valence-corrected chi connectivity index (χ0v) is 13.0. The first-order chi connectivity index (χ1) is 8.64. The highest BCUT2D eigenvalue weighted by atomic mass is 79.9. The molecular formula is C16H23BrO. The molecule has 1 unspecified atom stereocenters. The Bertz CT molecular complexity index is 365. The van der Waals surface area contributed by atoms with E-state index >= 15 is 0 Å². The van der Waals surface area contributed by atoms with Crippen molar-refractivity contribution in [3.05, 3.63) is 29.8 Å². The van der Waals surface area contributed by atoms with Crippen molar-refractivity contribution < 1.29 is 4.74 Å². The van der Waals surface area contributed by atoms with Gasteiger partial charge in [-0.3, -0.25) is 0 Å². The van der Waals surface area contributed by atoms with E-state index in [1.165, 1.54) is 37.7 Å². The number of hydrogen-bond donors (Lipinski definition) is 0. The molecule has 0 radical (unpaired) electrons. The van der Waals surface area contributed by atoms with Gasteiger partial charge in [0.05, 0.1) is 7.11 Å². The van der Waals surface area contributed by atoms with Crippen LogP contribution >= 0.6 is 15.9 Å². The first-order valence-corrected chi connectivity index (χ1v) is 7.83. The average molecular weight is 311 g/mol. The quantitative estimate of drug-likeness (QED) is 0.713. The van der Waals surface area contributed by atoms with Crippen LogP contribution in [0.2, 0.25) is 0 Å². The summed E-state index contributed by atoms with van der Waals surface area (Å²) in [6.45, 7) is 2.44. The fraction of sp³-hybridized carbons (Fsp3) is 0.625. The molecule has 1 atom stereocenters. The Balaban J connectivity index is 1.98. The average Bonchev–Trinajstić information content (AvgIpc) is 2.40. The zero-order valence-electron chi connectivity index (χ0n) is 11.4. The molecule has 0 aromatic heterocycles. The van der Waals surface area contributed by atoms with E-state index in [-0.39, 0.29) is 0 Å². The number of halogens is 1. The summed E-state index contributed by atoms with van der Waals surface area (Å²) in [4.78, 5) is 0.582. The van der Waals surface area contributed by atoms with Crippen LogP contribution in [0.15, 0.2) is 24.3 Å². The summed E-state index contributed by atoms with van der Waals surface area (Å²) in [7, 11) is 1.71. The summed E-state index contributed by atoms with van der Waals surface area (Å²) >= 11 is 3.94. The molecular weight excluding hydrogens is 288 g/mol. The van der Waals surface area contributed by atoms with Crippen LogP contribution in [0.3, 0.4) is 0 Å². The summed E-state index contributed by atoms with van der Waals surface area (Å²) in [6, 6.07) is 8.47. The first-order valence-electron chi connectivity index (χ1n) is 6.91. The lowest BCUT2D eigenvalue weighted by Gasteiger charge is -2.38. The van der Waals surface area contributed by atoms with Gasteiger partial charge in [-0.2, -0.15) is 0 Å². The zero-order chi connectivity index (χ0) is 13.0. The highest BCUT2D eigenvalue weighted by molar-refractivity contribution is 9.09. The van der Waals surface area contributed by atoms with Crippen molar-refractivity contribution in [2.45, 2.75) is 50.3 Å². The minimum absolute atomic E-state index is 0.470. The molecule has 0 spiro atoms. The molecule has 0 heterocycles. The van der Waals surface area contributed by atoms with Crippen molar-refractivity contribution in [2.75, 3.05) is 7.11 Å². The van der Waals surface area contributed by atoms with E-state index in [9.17, 15) is 0 Å². The molecule has 1 saturated carbocycles. The Kier molecular flexibility index (Phi) is 4.71. The standard InChI is InChI=1S/C16H23BrO/c1-16(10-4-3-5-11-16)15(17)12-13-6-8-14(18-2)9-7-13/h6-9,15H,3-5,10-12H2,1-2H3. The first kappa shape index (κ1) is 13.9. The van der Waals surface area contributed by atoms with Crippen LogP contribution in [-0.4, -0.2) is 11.9 Å². The van der Waals surface area contributed by atoms with Gasteiger partial charge in [0.15, 0.2) is 0 Å². The fourth-order valence-corrected chi connectivity index (χ4v) is 3.72. The molecule has 1 nitrogen and oxygen atoms in total. The summed E-state index contributed by atoms with van der Waals surface area (Å²) in [5, 5.41) is 0. The second-order valence-electron chi connectivity index (χ2n) is 5.73. The van der Waals surface area contributed by atoms with Crippen molar-refractivity contribution in [3.8, 4) is 5.75 Å². The predicted molar refractivity (Wildman–Crippen MR) is 80.6 cm³/mol. The maximum atomic E-state index is 5.20. The third kappa shape index (κ3) is 3.28. The van der Waals surface area contributed by atoms with Crippen molar-refractivity contribution in [3.63, 3.8) is 0 Å². The van der Waals surface area contributed by atoms with Gasteiger partial charge in [0, 0.05) is 4.83 Å². The van der Waals surface area contributed by atoms with Crippen LogP contribution in [0.5, 0.6) is 5.75 Å². The molecule has 0 aliphatic heterocycles. The summed E-state index contributed by atoms with van der Waals surface area (Å²) in [5.74, 6) is 0.939. The maximum Gasteiger partial charge on any atom is 0.118 e. The van der Waals surface area contributed by atoms with E-state index in [2.05, 4.69) is 47.1 Å². The summed E-state index contributed by atoms with van der Waals surface area (Å²) in [5.41, 5.74) is 1.86. The van der Waals surface area contributed by atoms with Crippen LogP contribution in [-0.2, 0) is 6.42 Å². The Morgan fingerprint density at radius 3 is 2.33 bits per heavy atom. The number of hydrogen-bond acceptors (Lipinski definition) is 1. The molecule has 1 fully saturated rings. The Morgan fingerprint density at radius 2 is 1.78 bits per heavy atom. The molecule has 1 aliphatic carbocycles. The van der Waals surface area contributed by atoms with Crippen LogP contribution in [0.25, 0.3) is 0 Å². The van der Waals surface area contributed by atoms with Crippen LogP contribution in [0, 0.1) is 5.41 Å². The Labute approximate surface area is 119 Å². The van der Waals surface area contributed by atoms with E-state index in [0.29, 0.717) is 10.2 Å². The number of benzene rings is 1. The molecule has 100 valence electrons. The molecule has 1 aromatic carbocycles. The molecule has 18 heavy (non-hydrogen) atoms. The number of methoxy groups -OCH3 is 1. The third-order valence-corrected chi connectivity index (χ3v) is 5.76. The molecule has 0 saturated heterocycles. The van der Waals surface area contributed by atoms with Gasteiger partial charge in [0.1, 0.15) is 5.75 Å². The van der Waals surface area contributed by atoms with Crippen molar-refractivity contribution >= 4 is 15.9 Å². The minimum Gasteiger partial charge on any atom is -0.497 e. The van der Waals surface area contributed by atoms with Gasteiger partial charge >= 0.3 is 0 Å². The number of ether oxygens (including phenoxy) is 1. The van der Waals surface area contributed by atoms with Gasteiger partial charge in [0.25, 0.3) is 0 Å². The van der Waals surface area contributed by atoms with Gasteiger partial charge in [0.2, 0.25) is 0 Å². The largest absolute Gasteiger partial charge is 0.497 e. The van der Waals surface area contributed by atoms with Crippen molar-refractivity contribution in [1.29, 1.82) is 0 Å². The van der Waals surface area contributed by atoms with E-state index in [0.717, 1.165) is 12.2 Å². The topological polar surface area (TPSA) is 9.23 Å². The highest BCUT2D eigenvalue weighted by Gasteiger charge is 2.33. The normalized spacial score (nSPS) is 20.4. The molecule has 0 N–H and O–H groups in total. The predicted octanol–water partition coefficient (Wildman–Crippen LogP) is 4.97. The summed E-state index contributed by atoms with van der Waals surface area (Å²) in [6.07, 6.45) is 8.03. The minimum atomic E-state index is 0.470. The van der Waals surface area contributed by atoms with Crippen LogP contribution < -0.4 is 4.74 Å². The lowest BCUT2D eigenvalue weighted by molar-refractivity contribution is 0.211. The highest BCUT2D eigenvalue weighted by Crippen LogP contribution is 2.43. The smallest absolute Gasteiger partial charge is 0.118 e. The van der Waals surface area contributed by atoms with Crippen LogP contribution in [0.4, 0.5) is 0 Å².